The maximum absolute atomic E-state index is 15.8. The Morgan fingerprint density at radius 1 is 1.04 bits per heavy atom. The molecule has 0 bridgehead atoms. The van der Waals surface area contributed by atoms with E-state index in [1.165, 1.54) is 6.07 Å². The van der Waals surface area contributed by atoms with Gasteiger partial charge in [-0.2, -0.15) is 5.10 Å². The minimum atomic E-state index is -1.27. The summed E-state index contributed by atoms with van der Waals surface area (Å²) in [6.45, 7) is 10.0. The van der Waals surface area contributed by atoms with Crippen LogP contribution in [0.25, 0.3) is 0 Å². The van der Waals surface area contributed by atoms with Crippen LogP contribution in [-0.2, 0) is 14.4 Å². The van der Waals surface area contributed by atoms with E-state index in [0.717, 1.165) is 57.9 Å². The summed E-state index contributed by atoms with van der Waals surface area (Å²) in [4.78, 5) is 56.5. The molecule has 1 aliphatic carbocycles. The van der Waals surface area contributed by atoms with Gasteiger partial charge >= 0.3 is 0 Å². The Labute approximate surface area is 278 Å². The third-order valence-electron chi connectivity index (χ3n) is 9.84. The van der Waals surface area contributed by atoms with Crippen LogP contribution >= 0.6 is 0 Å². The van der Waals surface area contributed by atoms with E-state index in [1.807, 2.05) is 27.8 Å². The molecule has 1 saturated heterocycles. The average Bonchev–Trinajstić information content (AvgIpc) is 3.41. The van der Waals surface area contributed by atoms with Crippen molar-refractivity contribution in [2.75, 3.05) is 45.1 Å². The summed E-state index contributed by atoms with van der Waals surface area (Å²) >= 11 is 0. The van der Waals surface area contributed by atoms with Gasteiger partial charge in [0.2, 0.25) is 11.8 Å². The Morgan fingerprint density at radius 2 is 1.72 bits per heavy atom. The molecule has 2 aliphatic rings. The lowest BCUT2D eigenvalue weighted by Gasteiger charge is -2.37. The minimum Gasteiger partial charge on any atom is -0.380 e. The molecule has 47 heavy (non-hydrogen) atoms. The van der Waals surface area contributed by atoms with Gasteiger partial charge in [0, 0.05) is 57.3 Å². The van der Waals surface area contributed by atoms with Gasteiger partial charge in [-0.05, 0) is 63.4 Å². The lowest BCUT2D eigenvalue weighted by Crippen LogP contribution is -2.59. The van der Waals surface area contributed by atoms with Crippen LogP contribution in [0.1, 0.15) is 101 Å². The van der Waals surface area contributed by atoms with Crippen LogP contribution in [-0.4, -0.2) is 94.9 Å². The number of anilines is 1. The molecular formula is C35H52FN7O4. The fraction of sp³-hybridized carbons (Fsp3) is 0.629. The first kappa shape index (κ1) is 36.0. The molecule has 2 aromatic rings. The molecule has 3 N–H and O–H groups in total. The van der Waals surface area contributed by atoms with Crippen molar-refractivity contribution < 1.29 is 23.6 Å². The van der Waals surface area contributed by atoms with Gasteiger partial charge < -0.3 is 30.5 Å². The summed E-state index contributed by atoms with van der Waals surface area (Å²) in [7, 11) is 2.01. The number of nitrogens with zero attached hydrogens (tertiary/aromatic N) is 4. The zero-order chi connectivity index (χ0) is 34.1. The number of carbonyl (C=O) groups is 4. The van der Waals surface area contributed by atoms with Crippen molar-refractivity contribution in [3.05, 3.63) is 47.5 Å². The van der Waals surface area contributed by atoms with Crippen molar-refractivity contribution in [3.8, 4) is 0 Å². The van der Waals surface area contributed by atoms with Crippen LogP contribution in [0.2, 0.25) is 0 Å². The predicted octanol–water partition coefficient (Wildman–Crippen LogP) is 4.13. The number of amides is 3. The van der Waals surface area contributed by atoms with Gasteiger partial charge in [0.05, 0.1) is 5.69 Å². The van der Waals surface area contributed by atoms with Crippen LogP contribution < -0.4 is 16.0 Å². The highest BCUT2D eigenvalue weighted by atomic mass is 19.1. The number of aldehydes is 1. The molecule has 0 radical (unpaired) electrons. The molecule has 2 fully saturated rings. The van der Waals surface area contributed by atoms with E-state index in [2.05, 4.69) is 25.9 Å². The quantitative estimate of drug-likeness (QED) is 0.219. The maximum Gasteiger partial charge on any atom is 0.270 e. The average molecular weight is 654 g/mol. The van der Waals surface area contributed by atoms with Crippen molar-refractivity contribution in [1.82, 2.24) is 30.2 Å². The zero-order valence-corrected chi connectivity index (χ0v) is 28.6. The van der Waals surface area contributed by atoms with Gasteiger partial charge in [-0.1, -0.05) is 45.6 Å². The molecule has 0 spiro atoms. The third-order valence-corrected chi connectivity index (χ3v) is 9.84. The Hall–Kier alpha value is -3.80. The van der Waals surface area contributed by atoms with E-state index in [0.29, 0.717) is 24.3 Å². The largest absolute Gasteiger partial charge is 0.380 e. The SMILES string of the molecule is CCC(=O)N[C@@H](C(=O)N1CCN(C)CC1)[C@@H](C)c1ccc(NC[C@](C=O)(NC(=O)c2ccnn2C(C)C)C2CCCCCC2)c(F)c1. The fourth-order valence-electron chi connectivity index (χ4n) is 6.72. The van der Waals surface area contributed by atoms with E-state index in [4.69, 9.17) is 0 Å². The summed E-state index contributed by atoms with van der Waals surface area (Å²) in [6, 6.07) is 5.47. The molecule has 12 heteroatoms. The summed E-state index contributed by atoms with van der Waals surface area (Å²) < 4.78 is 17.4. The first-order valence-corrected chi connectivity index (χ1v) is 17.1. The highest BCUT2D eigenvalue weighted by Crippen LogP contribution is 2.33. The molecule has 11 nitrogen and oxygen atoms in total. The van der Waals surface area contributed by atoms with E-state index in [1.54, 1.807) is 40.9 Å². The first-order chi connectivity index (χ1) is 22.5. The fourth-order valence-corrected chi connectivity index (χ4v) is 6.72. The van der Waals surface area contributed by atoms with Crippen LogP contribution in [0.4, 0.5) is 10.1 Å². The van der Waals surface area contributed by atoms with Crippen molar-refractivity contribution >= 4 is 29.7 Å². The van der Waals surface area contributed by atoms with Gasteiger partial charge in [-0.15, -0.1) is 0 Å². The highest BCUT2D eigenvalue weighted by Gasteiger charge is 2.41. The number of piperazine rings is 1. The monoisotopic (exact) mass is 653 g/mol. The van der Waals surface area contributed by atoms with E-state index in [-0.39, 0.29) is 42.4 Å². The van der Waals surface area contributed by atoms with Gasteiger partial charge in [0.25, 0.3) is 5.91 Å². The maximum atomic E-state index is 15.8. The van der Waals surface area contributed by atoms with Gasteiger partial charge in [-0.3, -0.25) is 19.1 Å². The molecule has 1 aliphatic heterocycles. The lowest BCUT2D eigenvalue weighted by molar-refractivity contribution is -0.138. The van der Waals surface area contributed by atoms with Crippen LogP contribution in [0.5, 0.6) is 0 Å². The van der Waals surface area contributed by atoms with Crippen molar-refractivity contribution in [1.29, 1.82) is 0 Å². The number of hydrogen-bond acceptors (Lipinski definition) is 7. The molecule has 1 aromatic heterocycles. The second-order valence-electron chi connectivity index (χ2n) is 13.5. The second-order valence-corrected chi connectivity index (χ2v) is 13.5. The zero-order valence-electron chi connectivity index (χ0n) is 28.6. The number of carbonyl (C=O) groups excluding carboxylic acids is 4. The van der Waals surface area contributed by atoms with E-state index >= 15 is 4.39 Å². The second kappa shape index (κ2) is 16.3. The highest BCUT2D eigenvalue weighted by molar-refractivity contribution is 5.95. The molecule has 4 rings (SSSR count). The van der Waals surface area contributed by atoms with E-state index in [9.17, 15) is 19.2 Å². The topological polar surface area (TPSA) is 129 Å². The molecule has 258 valence electrons. The number of likely N-dealkylation sites (N-methyl/N-ethyl adjacent to an activating group) is 1. The van der Waals surface area contributed by atoms with E-state index < -0.39 is 29.2 Å². The molecule has 2 heterocycles. The molecular weight excluding hydrogens is 601 g/mol. The standard InChI is InChI=1S/C35H52FN7O4/c1-6-31(45)39-32(34(47)42-19-17-41(5)18-20-42)25(4)26-13-14-29(28(36)21-26)37-22-35(23-44,27-11-9-7-8-10-12-27)40-33(46)30-15-16-38-43(30)24(2)3/h13-16,21,23-25,27,32,37H,6-12,17-20,22H2,1-5H3,(H,39,45)(H,40,46)/t25-,32+,35+/m0/s1. The van der Waals surface area contributed by atoms with Crippen LogP contribution in [0.15, 0.2) is 30.5 Å². The van der Waals surface area contributed by atoms with Crippen molar-refractivity contribution in [2.45, 2.75) is 96.2 Å². The smallest absolute Gasteiger partial charge is 0.270 e. The summed E-state index contributed by atoms with van der Waals surface area (Å²) in [5, 5.41) is 13.3. The van der Waals surface area contributed by atoms with Gasteiger partial charge in [0.15, 0.2) is 0 Å². The van der Waals surface area contributed by atoms with Crippen LogP contribution in [0.3, 0.4) is 0 Å². The summed E-state index contributed by atoms with van der Waals surface area (Å²) in [5.41, 5.74) is -0.157. The molecule has 0 unspecified atom stereocenters. The Kier molecular flexibility index (Phi) is 12.5. The van der Waals surface area contributed by atoms with Gasteiger partial charge in [-0.25, -0.2) is 4.39 Å². The lowest BCUT2D eigenvalue weighted by atomic mass is 9.79. The third kappa shape index (κ3) is 8.77. The number of hydrogen-bond donors (Lipinski definition) is 3. The summed E-state index contributed by atoms with van der Waals surface area (Å²) in [5.74, 6) is -1.99. The number of benzene rings is 1. The normalized spacial score (nSPS) is 18.9. The predicted molar refractivity (Wildman–Crippen MR) is 180 cm³/mol. The Balaban J connectivity index is 1.56. The van der Waals surface area contributed by atoms with Gasteiger partial charge in [0.1, 0.15) is 29.4 Å². The number of rotatable bonds is 13. The molecule has 1 saturated carbocycles. The Morgan fingerprint density at radius 3 is 2.32 bits per heavy atom. The van der Waals surface area contributed by atoms with Crippen molar-refractivity contribution in [3.63, 3.8) is 0 Å². The number of halogens is 1. The molecule has 3 atom stereocenters. The molecule has 1 aromatic carbocycles. The molecule has 3 amide bonds. The number of nitrogens with one attached hydrogen (secondary N) is 3. The Bertz CT molecular complexity index is 1380. The minimum absolute atomic E-state index is 0.00557. The summed E-state index contributed by atoms with van der Waals surface area (Å²) in [6.07, 6.45) is 8.18. The number of aromatic nitrogens is 2. The first-order valence-electron chi connectivity index (χ1n) is 17.1. The van der Waals surface area contributed by atoms with Crippen LogP contribution in [0, 0.1) is 11.7 Å². The van der Waals surface area contributed by atoms with Crippen molar-refractivity contribution in [2.24, 2.45) is 5.92 Å².